The zero-order valence-electron chi connectivity index (χ0n) is 17.0. The van der Waals surface area contributed by atoms with Gasteiger partial charge in [0.2, 0.25) is 5.91 Å². The van der Waals surface area contributed by atoms with Gasteiger partial charge >= 0.3 is 12.1 Å². The second-order valence-electron chi connectivity index (χ2n) is 6.53. The van der Waals surface area contributed by atoms with E-state index in [2.05, 4.69) is 10.3 Å². The molecule has 0 saturated carbocycles. The van der Waals surface area contributed by atoms with Crippen molar-refractivity contribution in [1.29, 1.82) is 0 Å². The summed E-state index contributed by atoms with van der Waals surface area (Å²) in [7, 11) is 0. The number of halogens is 3. The predicted molar refractivity (Wildman–Crippen MR) is 110 cm³/mol. The van der Waals surface area contributed by atoms with Gasteiger partial charge in [-0.25, -0.2) is 9.78 Å². The lowest BCUT2D eigenvalue weighted by Gasteiger charge is -2.09. The van der Waals surface area contributed by atoms with E-state index < -0.39 is 18.1 Å². The number of carbonyl (C=O) groups is 3. The van der Waals surface area contributed by atoms with Gasteiger partial charge in [0.05, 0.1) is 12.0 Å². The molecule has 168 valence electrons. The van der Waals surface area contributed by atoms with Crippen molar-refractivity contribution in [3.05, 3.63) is 77.4 Å². The van der Waals surface area contributed by atoms with E-state index in [4.69, 9.17) is 15.6 Å². The van der Waals surface area contributed by atoms with Gasteiger partial charge in [-0.15, -0.1) is 0 Å². The van der Waals surface area contributed by atoms with Crippen LogP contribution < -0.4 is 11.1 Å². The molecule has 0 aliphatic rings. The van der Waals surface area contributed by atoms with E-state index in [-0.39, 0.29) is 5.91 Å². The lowest BCUT2D eigenvalue weighted by Crippen LogP contribution is -2.21. The quantitative estimate of drug-likeness (QED) is 0.563. The van der Waals surface area contributed by atoms with Crippen molar-refractivity contribution in [1.82, 2.24) is 9.55 Å². The molecule has 0 saturated heterocycles. The number of hydrogen-bond acceptors (Lipinski definition) is 4. The number of hydrogen-bond donors (Lipinski definition) is 3. The minimum atomic E-state index is -5.08. The fraction of sp³-hybridized carbons (Fsp3) is 0.143. The molecule has 1 aromatic heterocycles. The number of aliphatic carboxylic acids is 1. The number of alkyl halides is 3. The molecule has 0 atom stereocenters. The topological polar surface area (TPSA) is 127 Å². The first-order valence-corrected chi connectivity index (χ1v) is 9.02. The summed E-state index contributed by atoms with van der Waals surface area (Å²) in [6.45, 7) is 3.96. The summed E-state index contributed by atoms with van der Waals surface area (Å²) in [6, 6.07) is 13.8. The van der Waals surface area contributed by atoms with Crippen LogP contribution in [-0.2, 0) is 4.79 Å². The van der Waals surface area contributed by atoms with Crippen LogP contribution >= 0.6 is 0 Å². The first-order valence-electron chi connectivity index (χ1n) is 9.02. The first kappa shape index (κ1) is 24.1. The molecule has 2 aromatic carbocycles. The molecule has 0 bridgehead atoms. The highest BCUT2D eigenvalue weighted by Crippen LogP contribution is 2.17. The standard InChI is InChI=1S/C19H18N4O2.C2HF3O2/c1-12-13(2)23(11-21-12)17-8-6-16(7-9-17)22-19(25)15-5-3-4-14(10-15)18(20)24;3-2(4,5)1(6)7/h3-11H,1-2H3,(H2,20,24)(H,22,25);(H,6,7). The normalized spacial score (nSPS) is 10.7. The number of benzene rings is 2. The highest BCUT2D eigenvalue weighted by atomic mass is 19.4. The molecule has 3 aromatic rings. The second kappa shape index (κ2) is 9.77. The number of primary amides is 1. The maximum atomic E-state index is 12.3. The molecule has 0 aliphatic heterocycles. The number of anilines is 1. The molecule has 8 nitrogen and oxygen atoms in total. The minimum absolute atomic E-state index is 0.300. The molecule has 0 spiro atoms. The van der Waals surface area contributed by atoms with Gasteiger partial charge in [-0.05, 0) is 56.3 Å². The number of aryl methyl sites for hydroxylation is 1. The van der Waals surface area contributed by atoms with Crippen LogP contribution in [-0.4, -0.2) is 38.6 Å². The Labute approximate surface area is 180 Å². The summed E-state index contributed by atoms with van der Waals surface area (Å²) in [5, 5.41) is 9.93. The third kappa shape index (κ3) is 6.17. The van der Waals surface area contributed by atoms with Crippen LogP contribution in [0, 0.1) is 13.8 Å². The van der Waals surface area contributed by atoms with E-state index in [1.54, 1.807) is 24.5 Å². The van der Waals surface area contributed by atoms with Crippen molar-refractivity contribution in [2.24, 2.45) is 5.73 Å². The van der Waals surface area contributed by atoms with E-state index in [0.717, 1.165) is 17.1 Å². The smallest absolute Gasteiger partial charge is 0.475 e. The predicted octanol–water partition coefficient (Wildman–Crippen LogP) is 3.47. The lowest BCUT2D eigenvalue weighted by molar-refractivity contribution is -0.192. The van der Waals surface area contributed by atoms with Crippen LogP contribution in [0.1, 0.15) is 32.1 Å². The number of rotatable bonds is 4. The molecular weight excluding hydrogens is 429 g/mol. The highest BCUT2D eigenvalue weighted by Gasteiger charge is 2.38. The number of nitrogens with one attached hydrogen (secondary N) is 1. The van der Waals surface area contributed by atoms with Crippen molar-refractivity contribution >= 4 is 23.5 Å². The second-order valence-corrected chi connectivity index (χ2v) is 6.53. The maximum absolute atomic E-state index is 12.3. The Hall–Kier alpha value is -4.15. The molecule has 0 aliphatic carbocycles. The van der Waals surface area contributed by atoms with Crippen molar-refractivity contribution in [2.75, 3.05) is 5.32 Å². The highest BCUT2D eigenvalue weighted by molar-refractivity contribution is 6.06. The van der Waals surface area contributed by atoms with Crippen LogP contribution in [0.25, 0.3) is 5.69 Å². The fourth-order valence-corrected chi connectivity index (χ4v) is 2.48. The average Bonchev–Trinajstić information content (AvgIpc) is 3.07. The summed E-state index contributed by atoms with van der Waals surface area (Å²) in [6.07, 6.45) is -3.31. The summed E-state index contributed by atoms with van der Waals surface area (Å²) in [5.74, 6) is -3.62. The number of nitrogens with zero attached hydrogens (tertiary/aromatic N) is 2. The van der Waals surface area contributed by atoms with E-state index >= 15 is 0 Å². The van der Waals surface area contributed by atoms with Gasteiger partial charge in [0.1, 0.15) is 0 Å². The Balaban J connectivity index is 0.000000451. The van der Waals surface area contributed by atoms with Crippen LogP contribution in [0.3, 0.4) is 0 Å². The summed E-state index contributed by atoms with van der Waals surface area (Å²) >= 11 is 0. The van der Waals surface area contributed by atoms with E-state index in [0.29, 0.717) is 16.8 Å². The molecule has 1 heterocycles. The number of imidazole rings is 1. The maximum Gasteiger partial charge on any atom is 0.490 e. The van der Waals surface area contributed by atoms with Crippen molar-refractivity contribution in [2.45, 2.75) is 20.0 Å². The Morgan fingerprint density at radius 2 is 1.59 bits per heavy atom. The lowest BCUT2D eigenvalue weighted by atomic mass is 10.1. The van der Waals surface area contributed by atoms with Gasteiger partial charge in [-0.3, -0.25) is 9.59 Å². The number of amides is 2. The van der Waals surface area contributed by atoms with Gasteiger partial charge < -0.3 is 20.7 Å². The zero-order valence-corrected chi connectivity index (χ0v) is 17.0. The fourth-order valence-electron chi connectivity index (χ4n) is 2.48. The molecule has 0 unspecified atom stereocenters. The number of aromatic nitrogens is 2. The van der Waals surface area contributed by atoms with Gasteiger partial charge in [-0.1, -0.05) is 6.07 Å². The van der Waals surface area contributed by atoms with Crippen LogP contribution in [0.15, 0.2) is 54.9 Å². The number of carbonyl (C=O) groups excluding carboxylic acids is 2. The van der Waals surface area contributed by atoms with E-state index in [1.807, 2.05) is 42.7 Å². The third-order valence-electron chi connectivity index (χ3n) is 4.31. The van der Waals surface area contributed by atoms with Crippen molar-refractivity contribution in [3.8, 4) is 5.69 Å². The van der Waals surface area contributed by atoms with Gasteiger partial charge in [0, 0.05) is 28.2 Å². The van der Waals surface area contributed by atoms with Gasteiger partial charge in [0.15, 0.2) is 0 Å². The molecule has 3 rings (SSSR count). The molecule has 2 amide bonds. The Bertz CT molecular complexity index is 1140. The molecule has 0 fully saturated rings. The summed E-state index contributed by atoms with van der Waals surface area (Å²) in [4.78, 5) is 36.7. The Morgan fingerprint density at radius 1 is 1.03 bits per heavy atom. The van der Waals surface area contributed by atoms with E-state index in [1.165, 1.54) is 6.07 Å². The molecule has 11 heteroatoms. The Morgan fingerprint density at radius 3 is 2.06 bits per heavy atom. The molecule has 4 N–H and O–H groups in total. The Kier molecular flexibility index (Phi) is 7.37. The van der Waals surface area contributed by atoms with Gasteiger partial charge in [0.25, 0.3) is 5.91 Å². The first-order chi connectivity index (χ1) is 14.9. The molecular formula is C21H19F3N4O4. The summed E-state index contributed by atoms with van der Waals surface area (Å²) < 4.78 is 33.7. The SMILES string of the molecule is Cc1ncn(-c2ccc(NC(=O)c3cccc(C(N)=O)c3)cc2)c1C.O=C(O)C(F)(F)F. The number of nitrogens with two attached hydrogens (primary N) is 1. The van der Waals surface area contributed by atoms with E-state index in [9.17, 15) is 22.8 Å². The van der Waals surface area contributed by atoms with Crippen LogP contribution in [0.4, 0.5) is 18.9 Å². The zero-order chi connectivity index (χ0) is 24.1. The molecule has 0 radical (unpaired) electrons. The van der Waals surface area contributed by atoms with Crippen LogP contribution in [0.5, 0.6) is 0 Å². The molecule has 32 heavy (non-hydrogen) atoms. The summed E-state index contributed by atoms with van der Waals surface area (Å²) in [5.41, 5.74) is 9.59. The largest absolute Gasteiger partial charge is 0.490 e. The van der Waals surface area contributed by atoms with Crippen LogP contribution in [0.2, 0.25) is 0 Å². The van der Waals surface area contributed by atoms with Crippen molar-refractivity contribution in [3.63, 3.8) is 0 Å². The number of carboxylic acids is 1. The monoisotopic (exact) mass is 448 g/mol. The minimum Gasteiger partial charge on any atom is -0.475 e. The number of carboxylic acid groups (broad SMARTS) is 1. The van der Waals surface area contributed by atoms with Gasteiger partial charge in [-0.2, -0.15) is 13.2 Å². The third-order valence-corrected chi connectivity index (χ3v) is 4.31. The van der Waals surface area contributed by atoms with Crippen molar-refractivity contribution < 1.29 is 32.7 Å². The average molecular weight is 448 g/mol.